The van der Waals surface area contributed by atoms with Crippen LogP contribution in [0, 0.1) is 0 Å². The van der Waals surface area contributed by atoms with Gasteiger partial charge in [0.2, 0.25) is 0 Å². The van der Waals surface area contributed by atoms with Crippen molar-refractivity contribution in [1.29, 1.82) is 0 Å². The molecule has 0 fully saturated rings. The molecule has 0 N–H and O–H groups in total. The van der Waals surface area contributed by atoms with Gasteiger partial charge < -0.3 is 13.8 Å². The summed E-state index contributed by atoms with van der Waals surface area (Å²) in [6, 6.07) is 0. The van der Waals surface area contributed by atoms with Crippen molar-refractivity contribution in [1.82, 2.24) is 4.90 Å². The van der Waals surface area contributed by atoms with Crippen molar-refractivity contribution in [2.24, 2.45) is 0 Å². The van der Waals surface area contributed by atoms with Crippen molar-refractivity contribution in [3.8, 4) is 0 Å². The van der Waals surface area contributed by atoms with Crippen LogP contribution in [0.5, 0.6) is 0 Å². The first-order valence-corrected chi connectivity index (χ1v) is 6.99. The van der Waals surface area contributed by atoms with Gasteiger partial charge in [-0.25, -0.2) is 0 Å². The molecule has 80 valence electrons. The number of nitrogens with zero attached hydrogens (tertiary/aromatic N) is 1. The van der Waals surface area contributed by atoms with Crippen molar-refractivity contribution in [2.45, 2.75) is 27.7 Å². The lowest BCUT2D eigenvalue weighted by Crippen LogP contribution is -2.39. The van der Waals surface area contributed by atoms with Gasteiger partial charge in [-0.15, -0.1) is 0 Å². The number of rotatable bonds is 8. The predicted octanol–water partition coefficient (Wildman–Crippen LogP) is 1.16. The standard InChI is InChI=1S/C9H23NO2Si/c1-5-10(6-2)9-13(11-7-3)12-8-4/h13H,5-9H2,1-4H3. The molecule has 0 amide bonds. The van der Waals surface area contributed by atoms with Crippen molar-refractivity contribution < 1.29 is 8.85 Å². The van der Waals surface area contributed by atoms with Crippen LogP contribution < -0.4 is 0 Å². The predicted molar refractivity (Wildman–Crippen MR) is 58.2 cm³/mol. The molecule has 0 rings (SSSR count). The number of hydrogen-bond acceptors (Lipinski definition) is 3. The van der Waals surface area contributed by atoms with E-state index in [9.17, 15) is 0 Å². The summed E-state index contributed by atoms with van der Waals surface area (Å²) in [7, 11) is -1.40. The van der Waals surface area contributed by atoms with E-state index in [4.69, 9.17) is 8.85 Å². The summed E-state index contributed by atoms with van der Waals surface area (Å²) in [5, 5.41) is 0. The minimum absolute atomic E-state index is 0.776. The van der Waals surface area contributed by atoms with E-state index >= 15 is 0 Å². The summed E-state index contributed by atoms with van der Waals surface area (Å²) in [6.07, 6.45) is 1.01. The zero-order valence-electron chi connectivity index (χ0n) is 9.38. The SMILES string of the molecule is CCO[SiH](CN(CC)CC)OCC. The molecule has 0 aliphatic heterocycles. The Bertz CT molecular complexity index is 104. The highest BCUT2D eigenvalue weighted by molar-refractivity contribution is 6.44. The maximum Gasteiger partial charge on any atom is 0.335 e. The molecule has 0 radical (unpaired) electrons. The molecule has 0 atom stereocenters. The fraction of sp³-hybridized carbons (Fsp3) is 1.00. The maximum absolute atomic E-state index is 5.59. The first-order chi connectivity index (χ1) is 6.28. The Kier molecular flexibility index (Phi) is 8.75. The average Bonchev–Trinajstić information content (AvgIpc) is 2.14. The topological polar surface area (TPSA) is 21.7 Å². The van der Waals surface area contributed by atoms with Crippen LogP contribution in [0.25, 0.3) is 0 Å². The smallest absolute Gasteiger partial charge is 0.335 e. The summed E-state index contributed by atoms with van der Waals surface area (Å²) in [5.74, 6) is 0. The molecule has 3 nitrogen and oxygen atoms in total. The monoisotopic (exact) mass is 205 g/mol. The van der Waals surface area contributed by atoms with Crippen LogP contribution in [0.2, 0.25) is 0 Å². The molecule has 0 spiro atoms. The largest absolute Gasteiger partial charge is 0.396 e. The van der Waals surface area contributed by atoms with Crippen LogP contribution in [0.4, 0.5) is 0 Å². The van der Waals surface area contributed by atoms with Gasteiger partial charge in [0.15, 0.2) is 0 Å². The molecule has 4 heteroatoms. The van der Waals surface area contributed by atoms with Crippen molar-refractivity contribution in [2.75, 3.05) is 32.5 Å². The summed E-state index contributed by atoms with van der Waals surface area (Å²) in [5.41, 5.74) is 0. The Balaban J connectivity index is 3.76. The van der Waals surface area contributed by atoms with Gasteiger partial charge in [0.05, 0.1) is 0 Å². The van der Waals surface area contributed by atoms with Crippen molar-refractivity contribution in [3.05, 3.63) is 0 Å². The Hall–Kier alpha value is 0.0969. The van der Waals surface area contributed by atoms with Crippen LogP contribution in [0.15, 0.2) is 0 Å². The molecule has 0 aliphatic rings. The van der Waals surface area contributed by atoms with E-state index in [1.165, 1.54) is 0 Å². The van der Waals surface area contributed by atoms with Gasteiger partial charge in [0.25, 0.3) is 0 Å². The zero-order chi connectivity index (χ0) is 10.1. The highest BCUT2D eigenvalue weighted by Gasteiger charge is 2.15. The van der Waals surface area contributed by atoms with Gasteiger partial charge in [-0.2, -0.15) is 0 Å². The fourth-order valence-corrected chi connectivity index (χ4v) is 3.21. The third-order valence-electron chi connectivity index (χ3n) is 2.01. The molecule has 0 unspecified atom stereocenters. The van der Waals surface area contributed by atoms with Gasteiger partial charge in [0, 0.05) is 19.4 Å². The second kappa shape index (κ2) is 8.68. The highest BCUT2D eigenvalue weighted by atomic mass is 28.3. The molecule has 13 heavy (non-hydrogen) atoms. The minimum atomic E-state index is -1.40. The average molecular weight is 205 g/mol. The fourth-order valence-electron chi connectivity index (χ4n) is 1.22. The lowest BCUT2D eigenvalue weighted by Gasteiger charge is -2.23. The zero-order valence-corrected chi connectivity index (χ0v) is 10.5. The van der Waals surface area contributed by atoms with Crippen LogP contribution in [0.1, 0.15) is 27.7 Å². The van der Waals surface area contributed by atoms with Crippen LogP contribution in [-0.2, 0) is 8.85 Å². The van der Waals surface area contributed by atoms with E-state index in [0.29, 0.717) is 0 Å². The van der Waals surface area contributed by atoms with Crippen LogP contribution in [-0.4, -0.2) is 46.7 Å². The molecule has 0 saturated heterocycles. The summed E-state index contributed by atoms with van der Waals surface area (Å²) in [6.45, 7) is 12.1. The van der Waals surface area contributed by atoms with Crippen molar-refractivity contribution >= 4 is 9.28 Å². The minimum Gasteiger partial charge on any atom is -0.396 e. The van der Waals surface area contributed by atoms with Crippen LogP contribution in [0.3, 0.4) is 0 Å². The van der Waals surface area contributed by atoms with Gasteiger partial charge in [-0.3, -0.25) is 0 Å². The lowest BCUT2D eigenvalue weighted by molar-refractivity contribution is 0.191. The van der Waals surface area contributed by atoms with Gasteiger partial charge in [0.1, 0.15) is 0 Å². The molecule has 0 saturated carbocycles. The van der Waals surface area contributed by atoms with Crippen molar-refractivity contribution in [3.63, 3.8) is 0 Å². The van der Waals surface area contributed by atoms with Gasteiger partial charge in [-0.05, 0) is 26.9 Å². The summed E-state index contributed by atoms with van der Waals surface area (Å²) < 4.78 is 11.2. The first kappa shape index (κ1) is 13.1. The Morgan fingerprint density at radius 2 is 1.38 bits per heavy atom. The second-order valence-electron chi connectivity index (χ2n) is 2.83. The molecular weight excluding hydrogens is 182 g/mol. The molecule has 0 aromatic carbocycles. The van der Waals surface area contributed by atoms with E-state index in [1.807, 2.05) is 13.8 Å². The molecule has 0 aromatic rings. The third-order valence-corrected chi connectivity index (χ3v) is 4.23. The highest BCUT2D eigenvalue weighted by Crippen LogP contribution is 1.95. The van der Waals surface area contributed by atoms with Crippen LogP contribution >= 0.6 is 0 Å². The first-order valence-electron chi connectivity index (χ1n) is 5.23. The summed E-state index contributed by atoms with van der Waals surface area (Å²) >= 11 is 0. The Morgan fingerprint density at radius 3 is 1.69 bits per heavy atom. The van der Waals surface area contributed by atoms with Gasteiger partial charge >= 0.3 is 9.28 Å². The Labute approximate surface area is 83.9 Å². The quantitative estimate of drug-likeness (QED) is 0.555. The van der Waals surface area contributed by atoms with E-state index < -0.39 is 9.28 Å². The number of hydrogen-bond donors (Lipinski definition) is 0. The normalized spacial score (nSPS) is 11.5. The molecule has 0 bridgehead atoms. The van der Waals surface area contributed by atoms with E-state index in [2.05, 4.69) is 18.7 Å². The third kappa shape index (κ3) is 6.21. The van der Waals surface area contributed by atoms with E-state index in [0.717, 1.165) is 32.5 Å². The van der Waals surface area contributed by atoms with E-state index in [1.54, 1.807) is 0 Å². The molecule has 0 aliphatic carbocycles. The maximum atomic E-state index is 5.59. The molecule has 0 aromatic heterocycles. The molecular formula is C9H23NO2Si. The molecule has 0 heterocycles. The second-order valence-corrected chi connectivity index (χ2v) is 4.72. The summed E-state index contributed by atoms with van der Waals surface area (Å²) in [4.78, 5) is 2.36. The Morgan fingerprint density at radius 1 is 0.923 bits per heavy atom. The van der Waals surface area contributed by atoms with Gasteiger partial charge in [-0.1, -0.05) is 13.8 Å². The van der Waals surface area contributed by atoms with E-state index in [-0.39, 0.29) is 0 Å². The lowest BCUT2D eigenvalue weighted by atomic mass is 10.6.